The Balaban J connectivity index is 2.54. The predicted octanol–water partition coefficient (Wildman–Crippen LogP) is 2.25. The SMILES string of the molecule is CCNC(=O)c1ccc(N)cc1NCCCCCOC. The Morgan fingerprint density at radius 1 is 1.30 bits per heavy atom. The Morgan fingerprint density at radius 3 is 2.80 bits per heavy atom. The third-order valence-electron chi connectivity index (χ3n) is 2.97. The molecular formula is C15H25N3O2. The van der Waals surface area contributed by atoms with Crippen molar-refractivity contribution in [3.05, 3.63) is 23.8 Å². The van der Waals surface area contributed by atoms with E-state index in [9.17, 15) is 4.79 Å². The summed E-state index contributed by atoms with van der Waals surface area (Å²) in [5.74, 6) is -0.0746. The number of methoxy groups -OCH3 is 1. The largest absolute Gasteiger partial charge is 0.399 e. The molecule has 5 nitrogen and oxygen atoms in total. The molecule has 0 atom stereocenters. The quantitative estimate of drug-likeness (QED) is 0.478. The number of benzene rings is 1. The van der Waals surface area contributed by atoms with Crippen LogP contribution < -0.4 is 16.4 Å². The van der Waals surface area contributed by atoms with Gasteiger partial charge in [-0.2, -0.15) is 0 Å². The van der Waals surface area contributed by atoms with Gasteiger partial charge >= 0.3 is 0 Å². The molecule has 1 rings (SSSR count). The van der Waals surface area contributed by atoms with Gasteiger partial charge in [0, 0.05) is 38.2 Å². The summed E-state index contributed by atoms with van der Waals surface area (Å²) in [7, 11) is 1.71. The Labute approximate surface area is 120 Å². The predicted molar refractivity (Wildman–Crippen MR) is 83.1 cm³/mol. The van der Waals surface area contributed by atoms with Crippen LogP contribution >= 0.6 is 0 Å². The molecule has 20 heavy (non-hydrogen) atoms. The van der Waals surface area contributed by atoms with Gasteiger partial charge in [-0.25, -0.2) is 0 Å². The first-order valence-corrected chi connectivity index (χ1v) is 7.09. The normalized spacial score (nSPS) is 10.3. The van der Waals surface area contributed by atoms with Crippen molar-refractivity contribution in [1.29, 1.82) is 0 Å². The molecule has 1 aromatic rings. The fourth-order valence-electron chi connectivity index (χ4n) is 1.93. The minimum Gasteiger partial charge on any atom is -0.399 e. The van der Waals surface area contributed by atoms with Gasteiger partial charge in [0.2, 0.25) is 0 Å². The zero-order valence-electron chi connectivity index (χ0n) is 12.4. The van der Waals surface area contributed by atoms with E-state index in [1.165, 1.54) is 0 Å². The number of hydrogen-bond acceptors (Lipinski definition) is 4. The van der Waals surface area contributed by atoms with Gasteiger partial charge in [0.15, 0.2) is 0 Å². The lowest BCUT2D eigenvalue weighted by Gasteiger charge is -2.12. The Morgan fingerprint density at radius 2 is 2.10 bits per heavy atom. The van der Waals surface area contributed by atoms with Crippen LogP contribution in [-0.4, -0.2) is 32.7 Å². The number of nitrogens with two attached hydrogens (primary N) is 1. The topological polar surface area (TPSA) is 76.4 Å². The summed E-state index contributed by atoms with van der Waals surface area (Å²) in [6, 6.07) is 5.31. The van der Waals surface area contributed by atoms with Crippen molar-refractivity contribution in [2.75, 3.05) is 37.9 Å². The maximum Gasteiger partial charge on any atom is 0.253 e. The van der Waals surface area contributed by atoms with E-state index in [4.69, 9.17) is 10.5 Å². The molecule has 0 spiro atoms. The summed E-state index contributed by atoms with van der Waals surface area (Å²) in [5.41, 5.74) is 7.87. The first kappa shape index (κ1) is 16.3. The lowest BCUT2D eigenvalue weighted by Crippen LogP contribution is -2.24. The summed E-state index contributed by atoms with van der Waals surface area (Å²) in [6.45, 7) is 4.12. The first-order chi connectivity index (χ1) is 9.69. The van der Waals surface area contributed by atoms with Crippen molar-refractivity contribution in [1.82, 2.24) is 5.32 Å². The number of nitrogen functional groups attached to an aromatic ring is 1. The Bertz CT molecular complexity index is 422. The van der Waals surface area contributed by atoms with Gasteiger partial charge < -0.3 is 21.1 Å². The van der Waals surface area contributed by atoms with Crippen molar-refractivity contribution in [3.63, 3.8) is 0 Å². The van der Waals surface area contributed by atoms with Crippen molar-refractivity contribution in [2.45, 2.75) is 26.2 Å². The summed E-state index contributed by atoms with van der Waals surface area (Å²) in [5, 5.41) is 6.09. The molecule has 0 saturated carbocycles. The van der Waals surface area contributed by atoms with E-state index in [2.05, 4.69) is 10.6 Å². The first-order valence-electron chi connectivity index (χ1n) is 7.09. The van der Waals surface area contributed by atoms with E-state index in [1.54, 1.807) is 25.3 Å². The van der Waals surface area contributed by atoms with Crippen LogP contribution in [0.5, 0.6) is 0 Å². The molecule has 4 N–H and O–H groups in total. The van der Waals surface area contributed by atoms with Crippen LogP contribution in [0.4, 0.5) is 11.4 Å². The van der Waals surface area contributed by atoms with E-state index < -0.39 is 0 Å². The molecular weight excluding hydrogens is 254 g/mol. The van der Waals surface area contributed by atoms with Gasteiger partial charge in [0.1, 0.15) is 0 Å². The second-order valence-corrected chi connectivity index (χ2v) is 4.64. The van der Waals surface area contributed by atoms with Crippen LogP contribution in [-0.2, 0) is 4.74 Å². The van der Waals surface area contributed by atoms with Crippen molar-refractivity contribution < 1.29 is 9.53 Å². The fourth-order valence-corrected chi connectivity index (χ4v) is 1.93. The van der Waals surface area contributed by atoms with Crippen LogP contribution in [0.1, 0.15) is 36.5 Å². The third-order valence-corrected chi connectivity index (χ3v) is 2.97. The number of nitrogens with one attached hydrogen (secondary N) is 2. The molecule has 0 aromatic heterocycles. The molecule has 0 aliphatic carbocycles. The minimum absolute atomic E-state index is 0.0746. The molecule has 0 saturated heterocycles. The summed E-state index contributed by atoms with van der Waals surface area (Å²) in [6.07, 6.45) is 3.19. The number of carbonyl (C=O) groups excluding carboxylic acids is 1. The summed E-state index contributed by atoms with van der Waals surface area (Å²) < 4.78 is 5.01. The van der Waals surface area contributed by atoms with E-state index in [0.717, 1.165) is 38.1 Å². The maximum atomic E-state index is 11.9. The highest BCUT2D eigenvalue weighted by Crippen LogP contribution is 2.19. The number of anilines is 2. The smallest absolute Gasteiger partial charge is 0.253 e. The molecule has 1 aromatic carbocycles. The molecule has 0 aliphatic rings. The van der Waals surface area contributed by atoms with Gasteiger partial charge in [-0.3, -0.25) is 4.79 Å². The standard InChI is InChI=1S/C15H25N3O2/c1-3-17-15(19)13-8-7-12(16)11-14(13)18-9-5-4-6-10-20-2/h7-8,11,18H,3-6,9-10,16H2,1-2H3,(H,17,19). The van der Waals surface area contributed by atoms with E-state index in [1.807, 2.05) is 6.92 Å². The number of rotatable bonds is 9. The number of carbonyl (C=O) groups is 1. The van der Waals surface area contributed by atoms with Crippen LogP contribution in [0.3, 0.4) is 0 Å². The second-order valence-electron chi connectivity index (χ2n) is 4.64. The highest BCUT2D eigenvalue weighted by atomic mass is 16.5. The molecule has 5 heteroatoms. The Kier molecular flexibility index (Phi) is 7.50. The number of ether oxygens (including phenoxy) is 1. The molecule has 0 bridgehead atoms. The average Bonchev–Trinajstić information content (AvgIpc) is 2.43. The van der Waals surface area contributed by atoms with E-state index in [0.29, 0.717) is 17.8 Å². The minimum atomic E-state index is -0.0746. The van der Waals surface area contributed by atoms with Gasteiger partial charge in [0.25, 0.3) is 5.91 Å². The Hall–Kier alpha value is -1.75. The summed E-state index contributed by atoms with van der Waals surface area (Å²) in [4.78, 5) is 11.9. The van der Waals surface area contributed by atoms with Crippen molar-refractivity contribution in [2.24, 2.45) is 0 Å². The van der Waals surface area contributed by atoms with Crippen molar-refractivity contribution >= 4 is 17.3 Å². The second kappa shape index (κ2) is 9.20. The lowest BCUT2D eigenvalue weighted by atomic mass is 10.1. The number of amides is 1. The highest BCUT2D eigenvalue weighted by Gasteiger charge is 2.10. The van der Waals surface area contributed by atoms with Crippen LogP contribution in [0.25, 0.3) is 0 Å². The lowest BCUT2D eigenvalue weighted by molar-refractivity contribution is 0.0956. The molecule has 112 valence electrons. The van der Waals surface area contributed by atoms with Gasteiger partial charge in [-0.15, -0.1) is 0 Å². The monoisotopic (exact) mass is 279 g/mol. The van der Waals surface area contributed by atoms with Gasteiger partial charge in [-0.1, -0.05) is 0 Å². The average molecular weight is 279 g/mol. The van der Waals surface area contributed by atoms with E-state index in [-0.39, 0.29) is 5.91 Å². The van der Waals surface area contributed by atoms with Crippen LogP contribution in [0, 0.1) is 0 Å². The molecule has 0 fully saturated rings. The molecule has 0 radical (unpaired) electrons. The van der Waals surface area contributed by atoms with Gasteiger partial charge in [-0.05, 0) is 44.4 Å². The molecule has 0 aliphatic heterocycles. The fraction of sp³-hybridized carbons (Fsp3) is 0.533. The number of unbranched alkanes of at least 4 members (excludes halogenated alkanes) is 2. The van der Waals surface area contributed by atoms with Crippen LogP contribution in [0.2, 0.25) is 0 Å². The highest BCUT2D eigenvalue weighted by molar-refractivity contribution is 6.00. The molecule has 0 unspecified atom stereocenters. The number of hydrogen-bond donors (Lipinski definition) is 3. The molecule has 1 amide bonds. The zero-order chi connectivity index (χ0) is 14.8. The summed E-state index contributed by atoms with van der Waals surface area (Å²) >= 11 is 0. The zero-order valence-corrected chi connectivity index (χ0v) is 12.4. The third kappa shape index (κ3) is 5.48. The molecule has 0 heterocycles. The van der Waals surface area contributed by atoms with Crippen LogP contribution in [0.15, 0.2) is 18.2 Å². The van der Waals surface area contributed by atoms with Crippen molar-refractivity contribution in [3.8, 4) is 0 Å². The van der Waals surface area contributed by atoms with E-state index >= 15 is 0 Å². The maximum absolute atomic E-state index is 11.9. The van der Waals surface area contributed by atoms with Gasteiger partial charge in [0.05, 0.1) is 5.56 Å².